The van der Waals surface area contributed by atoms with Gasteiger partial charge in [-0.15, -0.1) is 0 Å². The molecule has 9 nitrogen and oxygen atoms in total. The molecular weight excluding hydrogens is 923 g/mol. The van der Waals surface area contributed by atoms with Gasteiger partial charge in [-0.25, -0.2) is 0 Å². The van der Waals surface area contributed by atoms with Crippen LogP contribution in [0.4, 0.5) is 0 Å². The molecule has 0 spiro atoms. The van der Waals surface area contributed by atoms with Crippen LogP contribution in [-0.2, 0) is 14.3 Å². The number of nitrogens with one attached hydrogen (secondary N) is 1. The molecular formula is C65H105NO8. The van der Waals surface area contributed by atoms with E-state index in [4.69, 9.17) is 9.47 Å². The standard InChI is InChI=1S/C65H105NO8/c1-3-5-7-9-11-13-15-17-19-21-23-25-27-28-29-30-31-32-33-35-37-39-41-43-45-47-49-51-53-55-61(69)66-58(57-73-65-64(72)63(71)62(70)60(56-67)74-65)59(68)54-52-50-48-46-44-42-40-38-36-34-26-24-22-20-18-16-14-12-10-8-6-4-2/h5,7,11,13,17,19,23,25,28-29,31-32,35-38,41,43-44,46-47,49,52,54,58-60,62-65,67-68,70-72H,3-4,6,8-10,12,14-16,18,20-22,24,26-27,30,33-34,39-40,42,45,48,50-51,53,55-57H2,1-2H3,(H,66,69)/b7-5-,13-11-,19-17-,25-23-,29-28-,32-31-,37-35-,38-36+,43-41-,46-44+,49-47-,54-52+. The van der Waals surface area contributed by atoms with Gasteiger partial charge in [0.2, 0.25) is 5.91 Å². The number of amides is 1. The van der Waals surface area contributed by atoms with Gasteiger partial charge in [-0.3, -0.25) is 4.79 Å². The molecule has 1 aliphatic rings. The van der Waals surface area contributed by atoms with Crippen molar-refractivity contribution < 1.29 is 39.8 Å². The lowest BCUT2D eigenvalue weighted by Crippen LogP contribution is -2.60. The third kappa shape index (κ3) is 41.3. The summed E-state index contributed by atoms with van der Waals surface area (Å²) in [5.74, 6) is -0.255. The maximum atomic E-state index is 13.0. The molecule has 1 aliphatic heterocycles. The molecule has 1 fully saturated rings. The fraction of sp³-hybridized carbons (Fsp3) is 0.615. The SMILES string of the molecule is CC/C=C\C/C=C\C/C=C\C/C=C\C/C=C\C/C=C\C/C=C\C/C=C\C/C=C\CCCC(=O)NC(COC1OC(CO)C(O)C(O)C1O)C(O)/C=C/CC/C=C/CC/C=C/CCCCCCCCCCCCCC. The zero-order chi connectivity index (χ0) is 53.6. The summed E-state index contributed by atoms with van der Waals surface area (Å²) in [4.78, 5) is 13.0. The molecule has 7 atom stereocenters. The number of aliphatic hydroxyl groups is 5. The number of aliphatic hydroxyl groups excluding tert-OH is 5. The van der Waals surface area contributed by atoms with Crippen LogP contribution in [0.25, 0.3) is 0 Å². The van der Waals surface area contributed by atoms with Crippen molar-refractivity contribution in [3.8, 4) is 0 Å². The van der Waals surface area contributed by atoms with Gasteiger partial charge in [0.05, 0.1) is 25.4 Å². The average Bonchev–Trinajstić information content (AvgIpc) is 3.40. The van der Waals surface area contributed by atoms with Gasteiger partial charge in [0, 0.05) is 6.42 Å². The van der Waals surface area contributed by atoms with E-state index in [-0.39, 0.29) is 18.9 Å². The van der Waals surface area contributed by atoms with Gasteiger partial charge in [-0.1, -0.05) is 230 Å². The Balaban J connectivity index is 2.35. The third-order valence-corrected chi connectivity index (χ3v) is 12.6. The Hall–Kier alpha value is -3.93. The minimum atomic E-state index is -1.60. The van der Waals surface area contributed by atoms with Crippen LogP contribution in [0.15, 0.2) is 146 Å². The molecule has 0 aromatic heterocycles. The van der Waals surface area contributed by atoms with E-state index in [9.17, 15) is 30.3 Å². The van der Waals surface area contributed by atoms with E-state index in [0.717, 1.165) is 89.9 Å². The number of ether oxygens (including phenoxy) is 2. The second kappa shape index (κ2) is 52.5. The number of carbonyl (C=O) groups is 1. The fourth-order valence-electron chi connectivity index (χ4n) is 8.07. The van der Waals surface area contributed by atoms with Gasteiger partial charge in [-0.2, -0.15) is 0 Å². The minimum absolute atomic E-state index is 0.239. The smallest absolute Gasteiger partial charge is 0.220 e. The molecule has 0 aliphatic carbocycles. The first-order chi connectivity index (χ1) is 36.3. The van der Waals surface area contributed by atoms with Crippen molar-refractivity contribution in [2.45, 2.75) is 243 Å². The monoisotopic (exact) mass is 1030 g/mol. The number of unbranched alkanes of at least 4 members (excludes halogenated alkanes) is 15. The maximum Gasteiger partial charge on any atom is 0.220 e. The summed E-state index contributed by atoms with van der Waals surface area (Å²) in [6, 6.07) is -0.872. The summed E-state index contributed by atoms with van der Waals surface area (Å²) in [7, 11) is 0. The van der Waals surface area contributed by atoms with Crippen LogP contribution < -0.4 is 5.32 Å². The predicted octanol–water partition coefficient (Wildman–Crippen LogP) is 14.7. The van der Waals surface area contributed by atoms with Crippen molar-refractivity contribution in [1.82, 2.24) is 5.32 Å². The van der Waals surface area contributed by atoms with E-state index < -0.39 is 49.5 Å². The van der Waals surface area contributed by atoms with Crippen LogP contribution in [0.2, 0.25) is 0 Å². The molecule has 0 saturated carbocycles. The first kappa shape index (κ1) is 68.1. The van der Waals surface area contributed by atoms with Crippen LogP contribution >= 0.6 is 0 Å². The van der Waals surface area contributed by atoms with Gasteiger partial charge in [-0.05, 0) is 109 Å². The lowest BCUT2D eigenvalue weighted by Gasteiger charge is -2.40. The van der Waals surface area contributed by atoms with Crippen molar-refractivity contribution in [2.75, 3.05) is 13.2 Å². The summed E-state index contributed by atoms with van der Waals surface area (Å²) in [6.45, 7) is 3.60. The molecule has 7 unspecified atom stereocenters. The zero-order valence-electron chi connectivity index (χ0n) is 46.3. The van der Waals surface area contributed by atoms with Crippen molar-refractivity contribution in [2.24, 2.45) is 0 Å². The van der Waals surface area contributed by atoms with Crippen LogP contribution in [0.3, 0.4) is 0 Å². The van der Waals surface area contributed by atoms with Gasteiger partial charge in [0.25, 0.3) is 0 Å². The van der Waals surface area contributed by atoms with E-state index in [1.54, 1.807) is 6.08 Å². The van der Waals surface area contributed by atoms with Gasteiger partial charge in [0.1, 0.15) is 24.4 Å². The number of allylic oxidation sites excluding steroid dienone is 23. The molecule has 1 amide bonds. The van der Waals surface area contributed by atoms with Crippen LogP contribution in [0, 0.1) is 0 Å². The normalized spacial score (nSPS) is 20.1. The Kier molecular flexibility index (Phi) is 48.3. The molecule has 0 aromatic carbocycles. The highest BCUT2D eigenvalue weighted by Gasteiger charge is 2.44. The Morgan fingerprint density at radius 3 is 1.30 bits per heavy atom. The molecule has 1 saturated heterocycles. The quantitative estimate of drug-likeness (QED) is 0.0261. The van der Waals surface area contributed by atoms with E-state index in [2.05, 4.69) is 153 Å². The molecule has 0 radical (unpaired) electrons. The highest BCUT2D eigenvalue weighted by Crippen LogP contribution is 2.22. The van der Waals surface area contributed by atoms with Crippen molar-refractivity contribution in [1.29, 1.82) is 0 Å². The Labute approximate surface area is 451 Å². The first-order valence-electron chi connectivity index (χ1n) is 29.1. The van der Waals surface area contributed by atoms with E-state index in [1.807, 2.05) is 6.08 Å². The number of rotatable bonds is 47. The zero-order valence-corrected chi connectivity index (χ0v) is 46.3. The van der Waals surface area contributed by atoms with Crippen molar-refractivity contribution in [3.63, 3.8) is 0 Å². The summed E-state index contributed by atoms with van der Waals surface area (Å²) < 4.78 is 11.2. The molecule has 0 aromatic rings. The molecule has 1 heterocycles. The molecule has 6 N–H and O–H groups in total. The Bertz CT molecular complexity index is 1660. The topological polar surface area (TPSA) is 149 Å². The average molecular weight is 1030 g/mol. The lowest BCUT2D eigenvalue weighted by atomic mass is 9.99. The van der Waals surface area contributed by atoms with Crippen molar-refractivity contribution in [3.05, 3.63) is 146 Å². The molecule has 0 bridgehead atoms. The van der Waals surface area contributed by atoms with Gasteiger partial charge < -0.3 is 40.3 Å². The Morgan fingerprint density at radius 1 is 0.473 bits per heavy atom. The maximum absolute atomic E-state index is 13.0. The number of carbonyl (C=O) groups excluding carboxylic acids is 1. The highest BCUT2D eigenvalue weighted by atomic mass is 16.7. The van der Waals surface area contributed by atoms with Crippen LogP contribution in [0.1, 0.15) is 200 Å². The van der Waals surface area contributed by atoms with E-state index in [1.165, 1.54) is 77.0 Å². The van der Waals surface area contributed by atoms with Crippen LogP contribution in [0.5, 0.6) is 0 Å². The predicted molar refractivity (Wildman–Crippen MR) is 313 cm³/mol. The largest absolute Gasteiger partial charge is 0.394 e. The second-order valence-electron chi connectivity index (χ2n) is 19.3. The lowest BCUT2D eigenvalue weighted by molar-refractivity contribution is -0.302. The first-order valence-corrected chi connectivity index (χ1v) is 29.1. The van der Waals surface area contributed by atoms with Crippen molar-refractivity contribution >= 4 is 5.91 Å². The second-order valence-corrected chi connectivity index (χ2v) is 19.3. The molecule has 418 valence electrons. The van der Waals surface area contributed by atoms with Gasteiger partial charge >= 0.3 is 0 Å². The number of hydrogen-bond acceptors (Lipinski definition) is 8. The molecule has 74 heavy (non-hydrogen) atoms. The fourth-order valence-corrected chi connectivity index (χ4v) is 8.07. The van der Waals surface area contributed by atoms with Crippen LogP contribution in [-0.4, -0.2) is 87.5 Å². The highest BCUT2D eigenvalue weighted by molar-refractivity contribution is 5.76. The summed E-state index contributed by atoms with van der Waals surface area (Å²) in [5.41, 5.74) is 0. The minimum Gasteiger partial charge on any atom is -0.394 e. The summed E-state index contributed by atoms with van der Waals surface area (Å²) in [5, 5.41) is 54.4. The Morgan fingerprint density at radius 2 is 0.851 bits per heavy atom. The summed E-state index contributed by atoms with van der Waals surface area (Å²) >= 11 is 0. The third-order valence-electron chi connectivity index (χ3n) is 12.6. The molecule has 9 heteroatoms. The van der Waals surface area contributed by atoms with E-state index in [0.29, 0.717) is 12.8 Å². The summed E-state index contributed by atoms with van der Waals surface area (Å²) in [6.07, 6.45) is 74.8. The number of hydrogen-bond donors (Lipinski definition) is 6. The van der Waals surface area contributed by atoms with Gasteiger partial charge in [0.15, 0.2) is 6.29 Å². The van der Waals surface area contributed by atoms with E-state index >= 15 is 0 Å². The molecule has 1 rings (SSSR count).